The normalized spacial score (nSPS) is 25.8. The van der Waals surface area contributed by atoms with Gasteiger partial charge in [-0.05, 0) is 59.0 Å². The Hall–Kier alpha value is -0.610. The first-order chi connectivity index (χ1) is 9.47. The lowest BCUT2D eigenvalue weighted by molar-refractivity contribution is -0.134. The van der Waals surface area contributed by atoms with Crippen LogP contribution in [0.5, 0.6) is 0 Å². The molecule has 1 unspecified atom stereocenters. The van der Waals surface area contributed by atoms with Crippen LogP contribution in [-0.4, -0.2) is 60.5 Å². The number of piperazine rings is 1. The summed E-state index contributed by atoms with van der Waals surface area (Å²) in [6.45, 7) is 12.8. The quantitative estimate of drug-likeness (QED) is 0.855. The van der Waals surface area contributed by atoms with Crippen molar-refractivity contribution in [1.29, 1.82) is 0 Å². The van der Waals surface area contributed by atoms with Crippen molar-refractivity contribution in [3.05, 3.63) is 0 Å². The third-order valence-corrected chi connectivity index (χ3v) is 4.75. The zero-order chi connectivity index (χ0) is 14.6. The predicted octanol–water partition coefficient (Wildman–Crippen LogP) is 1.71. The van der Waals surface area contributed by atoms with E-state index in [0.717, 1.165) is 52.1 Å². The number of hydrogen-bond donors (Lipinski definition) is 1. The molecule has 1 N–H and O–H groups in total. The van der Waals surface area contributed by atoms with Crippen LogP contribution >= 0.6 is 0 Å². The van der Waals surface area contributed by atoms with Crippen LogP contribution in [0.25, 0.3) is 0 Å². The van der Waals surface area contributed by atoms with E-state index in [1.807, 2.05) is 0 Å². The molecule has 0 bridgehead atoms. The van der Waals surface area contributed by atoms with E-state index in [9.17, 15) is 4.79 Å². The third kappa shape index (κ3) is 4.45. The first kappa shape index (κ1) is 15.8. The number of hydrogen-bond acceptors (Lipinski definition) is 3. The minimum Gasteiger partial charge on any atom is -0.340 e. The average molecular weight is 281 g/mol. The highest BCUT2D eigenvalue weighted by Crippen LogP contribution is 2.19. The number of amides is 1. The van der Waals surface area contributed by atoms with Gasteiger partial charge in [-0.3, -0.25) is 9.69 Å². The maximum absolute atomic E-state index is 12.3. The second kappa shape index (κ2) is 6.90. The van der Waals surface area contributed by atoms with Crippen molar-refractivity contribution in [3.63, 3.8) is 0 Å². The zero-order valence-corrected chi connectivity index (χ0v) is 13.5. The van der Waals surface area contributed by atoms with E-state index in [2.05, 4.69) is 35.9 Å². The minimum atomic E-state index is 0.225. The van der Waals surface area contributed by atoms with Crippen molar-refractivity contribution in [2.75, 3.05) is 39.3 Å². The molecule has 2 fully saturated rings. The van der Waals surface area contributed by atoms with E-state index in [1.54, 1.807) is 0 Å². The van der Waals surface area contributed by atoms with Crippen molar-refractivity contribution in [3.8, 4) is 0 Å². The van der Waals surface area contributed by atoms with Gasteiger partial charge in [-0.15, -0.1) is 0 Å². The molecule has 1 atom stereocenters. The maximum Gasteiger partial charge on any atom is 0.222 e. The Bertz CT molecular complexity index is 310. The number of carbonyl (C=O) groups excluding carboxylic acids is 1. The van der Waals surface area contributed by atoms with E-state index in [-0.39, 0.29) is 5.54 Å². The fraction of sp³-hybridized carbons (Fsp3) is 0.938. The van der Waals surface area contributed by atoms with Gasteiger partial charge in [0.25, 0.3) is 0 Å². The number of piperidine rings is 1. The molecule has 0 saturated carbocycles. The number of nitrogens with one attached hydrogen (secondary N) is 1. The fourth-order valence-electron chi connectivity index (χ4n) is 3.28. The number of carbonyl (C=O) groups is 1. The number of rotatable bonds is 3. The Balaban J connectivity index is 1.69. The number of nitrogens with zero attached hydrogens (tertiary/aromatic N) is 2. The van der Waals surface area contributed by atoms with Gasteiger partial charge in [-0.25, -0.2) is 0 Å². The average Bonchev–Trinajstić information content (AvgIpc) is 2.45. The molecule has 1 amide bonds. The van der Waals surface area contributed by atoms with Gasteiger partial charge in [0.1, 0.15) is 0 Å². The Labute approximate surface area is 123 Å². The van der Waals surface area contributed by atoms with Gasteiger partial charge in [0.05, 0.1) is 0 Å². The molecular weight excluding hydrogens is 250 g/mol. The molecule has 2 rings (SSSR count). The SMILES string of the molecule is CC(C)(C)N1CCN(C(=O)CCC2CCCNC2)CC1. The fourth-order valence-corrected chi connectivity index (χ4v) is 3.28. The molecule has 0 spiro atoms. The molecular formula is C16H31N3O. The summed E-state index contributed by atoms with van der Waals surface area (Å²) >= 11 is 0. The topological polar surface area (TPSA) is 35.6 Å². The summed E-state index contributed by atoms with van der Waals surface area (Å²) in [5.41, 5.74) is 0.225. The Morgan fingerprint density at radius 1 is 1.20 bits per heavy atom. The summed E-state index contributed by atoms with van der Waals surface area (Å²) < 4.78 is 0. The van der Waals surface area contributed by atoms with Gasteiger partial charge < -0.3 is 10.2 Å². The van der Waals surface area contributed by atoms with Gasteiger partial charge in [-0.1, -0.05) is 0 Å². The highest BCUT2D eigenvalue weighted by atomic mass is 16.2. The molecule has 2 saturated heterocycles. The van der Waals surface area contributed by atoms with Gasteiger partial charge >= 0.3 is 0 Å². The van der Waals surface area contributed by atoms with Crippen LogP contribution < -0.4 is 5.32 Å². The van der Waals surface area contributed by atoms with Crippen molar-refractivity contribution < 1.29 is 4.79 Å². The molecule has 20 heavy (non-hydrogen) atoms. The van der Waals surface area contributed by atoms with Crippen molar-refractivity contribution in [2.45, 2.75) is 52.0 Å². The Morgan fingerprint density at radius 2 is 1.90 bits per heavy atom. The molecule has 4 nitrogen and oxygen atoms in total. The molecule has 0 aromatic rings. The second-order valence-corrected chi connectivity index (χ2v) is 7.29. The standard InChI is InChI=1S/C16H31N3O/c1-16(2,3)19-11-9-18(10-12-19)15(20)7-6-14-5-4-8-17-13-14/h14,17H,4-13H2,1-3H3. The van der Waals surface area contributed by atoms with Gasteiger partial charge in [-0.2, -0.15) is 0 Å². The summed E-state index contributed by atoms with van der Waals surface area (Å²) in [5, 5.41) is 3.43. The van der Waals surface area contributed by atoms with E-state index < -0.39 is 0 Å². The highest BCUT2D eigenvalue weighted by Gasteiger charge is 2.27. The van der Waals surface area contributed by atoms with Crippen LogP contribution in [-0.2, 0) is 4.79 Å². The molecule has 4 heteroatoms. The summed E-state index contributed by atoms with van der Waals surface area (Å²) in [6, 6.07) is 0. The van der Waals surface area contributed by atoms with Gasteiger partial charge in [0, 0.05) is 38.1 Å². The molecule has 2 heterocycles. The second-order valence-electron chi connectivity index (χ2n) is 7.29. The lowest BCUT2D eigenvalue weighted by atomic mass is 9.94. The van der Waals surface area contributed by atoms with E-state index in [0.29, 0.717) is 11.8 Å². The van der Waals surface area contributed by atoms with Gasteiger partial charge in [0.15, 0.2) is 0 Å². The van der Waals surface area contributed by atoms with Crippen LogP contribution in [0.2, 0.25) is 0 Å². The first-order valence-corrected chi connectivity index (χ1v) is 8.20. The molecule has 0 aromatic carbocycles. The summed E-state index contributed by atoms with van der Waals surface area (Å²) in [4.78, 5) is 16.8. The Morgan fingerprint density at radius 3 is 2.45 bits per heavy atom. The molecule has 0 radical (unpaired) electrons. The van der Waals surface area contributed by atoms with Crippen LogP contribution in [0.3, 0.4) is 0 Å². The van der Waals surface area contributed by atoms with E-state index in [4.69, 9.17) is 0 Å². The molecule has 2 aliphatic rings. The molecule has 2 aliphatic heterocycles. The predicted molar refractivity (Wildman–Crippen MR) is 82.7 cm³/mol. The largest absolute Gasteiger partial charge is 0.340 e. The monoisotopic (exact) mass is 281 g/mol. The third-order valence-electron chi connectivity index (χ3n) is 4.75. The van der Waals surface area contributed by atoms with Crippen molar-refractivity contribution in [2.24, 2.45) is 5.92 Å². The first-order valence-electron chi connectivity index (χ1n) is 8.20. The van der Waals surface area contributed by atoms with Gasteiger partial charge in [0.2, 0.25) is 5.91 Å². The maximum atomic E-state index is 12.3. The van der Waals surface area contributed by atoms with Crippen molar-refractivity contribution >= 4 is 5.91 Å². The Kier molecular flexibility index (Phi) is 5.44. The smallest absolute Gasteiger partial charge is 0.222 e. The van der Waals surface area contributed by atoms with Crippen LogP contribution in [0.4, 0.5) is 0 Å². The highest BCUT2D eigenvalue weighted by molar-refractivity contribution is 5.76. The minimum absolute atomic E-state index is 0.225. The molecule has 0 aromatic heterocycles. The van der Waals surface area contributed by atoms with Crippen molar-refractivity contribution in [1.82, 2.24) is 15.1 Å². The van der Waals surface area contributed by atoms with Crippen LogP contribution in [0, 0.1) is 5.92 Å². The lowest BCUT2D eigenvalue weighted by Gasteiger charge is -2.42. The molecule has 116 valence electrons. The van der Waals surface area contributed by atoms with E-state index in [1.165, 1.54) is 12.8 Å². The summed E-state index contributed by atoms with van der Waals surface area (Å²) in [6.07, 6.45) is 4.36. The summed E-state index contributed by atoms with van der Waals surface area (Å²) in [5.74, 6) is 1.08. The van der Waals surface area contributed by atoms with Crippen LogP contribution in [0.15, 0.2) is 0 Å². The zero-order valence-electron chi connectivity index (χ0n) is 13.5. The van der Waals surface area contributed by atoms with E-state index >= 15 is 0 Å². The summed E-state index contributed by atoms with van der Waals surface area (Å²) in [7, 11) is 0. The molecule has 0 aliphatic carbocycles. The lowest BCUT2D eigenvalue weighted by Crippen LogP contribution is -2.54. The van der Waals surface area contributed by atoms with Crippen LogP contribution in [0.1, 0.15) is 46.5 Å².